The van der Waals surface area contributed by atoms with Gasteiger partial charge < -0.3 is 15.0 Å². The smallest absolute Gasteiger partial charge is 0.292 e. The number of carbonyl (C=O) groups is 2. The molecule has 0 atom stereocenters. The Morgan fingerprint density at radius 2 is 1.72 bits per heavy atom. The summed E-state index contributed by atoms with van der Waals surface area (Å²) in [7, 11) is 1.55. The largest absolute Gasteiger partial charge is 0.495 e. The molecule has 0 unspecified atom stereocenters. The van der Waals surface area contributed by atoms with Crippen LogP contribution in [-0.2, 0) is 0 Å². The van der Waals surface area contributed by atoms with E-state index >= 15 is 0 Å². The third-order valence-electron chi connectivity index (χ3n) is 5.20. The average molecular weight is 392 g/mol. The number of hydrogen-bond donors (Lipinski definition) is 1. The molecule has 0 spiro atoms. The van der Waals surface area contributed by atoms with Gasteiger partial charge >= 0.3 is 0 Å². The summed E-state index contributed by atoms with van der Waals surface area (Å²) in [6.45, 7) is 1.46. The number of anilines is 1. The molecule has 2 amide bonds. The van der Waals surface area contributed by atoms with Crippen molar-refractivity contribution in [2.24, 2.45) is 0 Å². The molecule has 0 radical (unpaired) electrons. The van der Waals surface area contributed by atoms with Gasteiger partial charge in [0.05, 0.1) is 18.3 Å². The van der Waals surface area contributed by atoms with E-state index in [1.54, 1.807) is 29.8 Å². The molecule has 1 fully saturated rings. The van der Waals surface area contributed by atoms with Gasteiger partial charge in [-0.25, -0.2) is 4.98 Å². The van der Waals surface area contributed by atoms with E-state index in [-0.39, 0.29) is 11.7 Å². The van der Waals surface area contributed by atoms with Crippen LogP contribution in [0.3, 0.4) is 0 Å². The number of benzene rings is 1. The minimum absolute atomic E-state index is 0.119. The summed E-state index contributed by atoms with van der Waals surface area (Å²) >= 11 is 0. The van der Waals surface area contributed by atoms with Crippen LogP contribution in [0.1, 0.15) is 46.8 Å². The van der Waals surface area contributed by atoms with Crippen LogP contribution < -0.4 is 10.1 Å². The van der Waals surface area contributed by atoms with Gasteiger partial charge in [-0.05, 0) is 37.1 Å². The van der Waals surface area contributed by atoms with Gasteiger partial charge in [-0.15, -0.1) is 0 Å². The predicted octanol–water partition coefficient (Wildman–Crippen LogP) is 3.61. The highest BCUT2D eigenvalue weighted by molar-refractivity contribution is 6.06. The number of carbonyl (C=O) groups excluding carboxylic acids is 2. The molecular weight excluding hydrogens is 368 g/mol. The molecule has 1 aliphatic heterocycles. The highest BCUT2D eigenvalue weighted by atomic mass is 16.5. The normalized spacial score (nSPS) is 14.4. The van der Waals surface area contributed by atoms with Crippen molar-refractivity contribution in [3.8, 4) is 5.75 Å². The SMILES string of the molecule is COc1ccccc1NC(=O)c1nc(C(=O)N2CCCCCC2)c2ccccn12. The van der Waals surface area contributed by atoms with E-state index in [2.05, 4.69) is 10.3 Å². The molecule has 3 heterocycles. The predicted molar refractivity (Wildman–Crippen MR) is 111 cm³/mol. The Balaban J connectivity index is 1.68. The maximum Gasteiger partial charge on any atom is 0.292 e. The number of amides is 2. The Labute approximate surface area is 169 Å². The minimum Gasteiger partial charge on any atom is -0.495 e. The van der Waals surface area contributed by atoms with Gasteiger partial charge in [0.25, 0.3) is 11.8 Å². The topological polar surface area (TPSA) is 75.9 Å². The number of nitrogens with zero attached hydrogens (tertiary/aromatic N) is 3. The zero-order valence-electron chi connectivity index (χ0n) is 16.4. The summed E-state index contributed by atoms with van der Waals surface area (Å²) in [5.41, 5.74) is 1.50. The molecule has 1 N–H and O–H groups in total. The lowest BCUT2D eigenvalue weighted by atomic mass is 10.2. The lowest BCUT2D eigenvalue weighted by Gasteiger charge is -2.19. The molecule has 3 aromatic rings. The highest BCUT2D eigenvalue weighted by Crippen LogP contribution is 2.24. The number of ether oxygens (including phenoxy) is 1. The molecule has 4 rings (SSSR count). The lowest BCUT2D eigenvalue weighted by molar-refractivity contribution is 0.0758. The van der Waals surface area contributed by atoms with Gasteiger partial charge in [0.15, 0.2) is 5.69 Å². The fourth-order valence-corrected chi connectivity index (χ4v) is 3.71. The molecule has 7 nitrogen and oxygen atoms in total. The van der Waals surface area contributed by atoms with Crippen molar-refractivity contribution in [2.45, 2.75) is 25.7 Å². The van der Waals surface area contributed by atoms with Crippen LogP contribution in [0, 0.1) is 0 Å². The number of pyridine rings is 1. The molecule has 1 aliphatic rings. The molecular formula is C22H24N4O3. The van der Waals surface area contributed by atoms with Crippen molar-refractivity contribution in [3.63, 3.8) is 0 Å². The summed E-state index contributed by atoms with van der Waals surface area (Å²) < 4.78 is 6.96. The molecule has 2 aromatic heterocycles. The average Bonchev–Trinajstić information content (AvgIpc) is 2.93. The number of para-hydroxylation sites is 2. The number of aromatic nitrogens is 2. The summed E-state index contributed by atoms with van der Waals surface area (Å²) in [6.07, 6.45) is 6.02. The van der Waals surface area contributed by atoms with Gasteiger partial charge in [-0.1, -0.05) is 31.0 Å². The fourth-order valence-electron chi connectivity index (χ4n) is 3.71. The van der Waals surface area contributed by atoms with Crippen molar-refractivity contribution in [1.82, 2.24) is 14.3 Å². The fraction of sp³-hybridized carbons (Fsp3) is 0.318. The van der Waals surface area contributed by atoms with E-state index in [4.69, 9.17) is 4.74 Å². The van der Waals surface area contributed by atoms with Gasteiger partial charge in [0.2, 0.25) is 5.82 Å². The molecule has 0 aliphatic carbocycles. The molecule has 0 saturated carbocycles. The number of rotatable bonds is 4. The Morgan fingerprint density at radius 1 is 1.00 bits per heavy atom. The van der Waals surface area contributed by atoms with E-state index < -0.39 is 5.91 Å². The van der Waals surface area contributed by atoms with Crippen LogP contribution in [0.4, 0.5) is 5.69 Å². The first-order valence-corrected chi connectivity index (χ1v) is 9.90. The van der Waals surface area contributed by atoms with Crippen molar-refractivity contribution in [3.05, 3.63) is 60.2 Å². The Morgan fingerprint density at radius 3 is 2.48 bits per heavy atom. The monoisotopic (exact) mass is 392 g/mol. The first-order chi connectivity index (χ1) is 14.2. The second-order valence-corrected chi connectivity index (χ2v) is 7.10. The number of fused-ring (bicyclic) bond motifs is 1. The Bertz CT molecular complexity index is 1040. The first kappa shape index (κ1) is 19.0. The van der Waals surface area contributed by atoms with Gasteiger partial charge in [-0.2, -0.15) is 0 Å². The molecule has 0 bridgehead atoms. The standard InChI is InChI=1S/C22H24N4O3/c1-29-18-12-5-4-10-16(18)23-21(27)20-24-19(17-11-6-9-15-26(17)20)22(28)25-13-7-2-3-8-14-25/h4-6,9-12,15H,2-3,7-8,13-14H2,1H3,(H,23,27). The summed E-state index contributed by atoms with van der Waals surface area (Å²) in [4.78, 5) is 32.5. The third kappa shape index (κ3) is 3.81. The molecule has 29 heavy (non-hydrogen) atoms. The molecule has 1 aromatic carbocycles. The first-order valence-electron chi connectivity index (χ1n) is 9.90. The van der Waals surface area contributed by atoms with Gasteiger partial charge in [0, 0.05) is 19.3 Å². The van der Waals surface area contributed by atoms with Crippen molar-refractivity contribution in [1.29, 1.82) is 0 Å². The maximum atomic E-state index is 13.2. The number of imidazole rings is 1. The summed E-state index contributed by atoms with van der Waals surface area (Å²) in [5.74, 6) is 0.213. The summed E-state index contributed by atoms with van der Waals surface area (Å²) in [6, 6.07) is 12.7. The van der Waals surface area contributed by atoms with Gasteiger partial charge in [-0.3, -0.25) is 14.0 Å². The Hall–Kier alpha value is -3.35. The third-order valence-corrected chi connectivity index (χ3v) is 5.20. The van der Waals surface area contributed by atoms with E-state index in [1.165, 1.54) is 0 Å². The van der Waals surface area contributed by atoms with Crippen LogP contribution in [0.25, 0.3) is 5.52 Å². The minimum atomic E-state index is -0.398. The van der Waals surface area contributed by atoms with E-state index in [9.17, 15) is 9.59 Å². The van der Waals surface area contributed by atoms with E-state index in [1.807, 2.05) is 35.2 Å². The molecule has 150 valence electrons. The zero-order chi connectivity index (χ0) is 20.2. The number of hydrogen-bond acceptors (Lipinski definition) is 4. The van der Waals surface area contributed by atoms with Crippen molar-refractivity contribution >= 4 is 23.0 Å². The number of likely N-dealkylation sites (tertiary alicyclic amines) is 1. The molecule has 7 heteroatoms. The van der Waals surface area contributed by atoms with Crippen LogP contribution in [0.5, 0.6) is 5.75 Å². The quantitative estimate of drug-likeness (QED) is 0.736. The van der Waals surface area contributed by atoms with Crippen molar-refractivity contribution in [2.75, 3.05) is 25.5 Å². The lowest BCUT2D eigenvalue weighted by Crippen LogP contribution is -2.32. The van der Waals surface area contributed by atoms with Crippen LogP contribution in [0.15, 0.2) is 48.7 Å². The van der Waals surface area contributed by atoms with Crippen molar-refractivity contribution < 1.29 is 14.3 Å². The molecule has 1 saturated heterocycles. The Kier molecular flexibility index (Phi) is 5.46. The van der Waals surface area contributed by atoms with Crippen LogP contribution in [-0.4, -0.2) is 46.3 Å². The summed E-state index contributed by atoms with van der Waals surface area (Å²) in [5, 5.41) is 2.84. The van der Waals surface area contributed by atoms with Crippen LogP contribution >= 0.6 is 0 Å². The van der Waals surface area contributed by atoms with Crippen LogP contribution in [0.2, 0.25) is 0 Å². The second kappa shape index (κ2) is 8.34. The van der Waals surface area contributed by atoms with Gasteiger partial charge in [0.1, 0.15) is 5.75 Å². The maximum absolute atomic E-state index is 13.2. The van der Waals surface area contributed by atoms with E-state index in [0.29, 0.717) is 22.6 Å². The number of nitrogens with one attached hydrogen (secondary N) is 1. The second-order valence-electron chi connectivity index (χ2n) is 7.10. The zero-order valence-corrected chi connectivity index (χ0v) is 16.4. The number of methoxy groups -OCH3 is 1. The van der Waals surface area contributed by atoms with E-state index in [0.717, 1.165) is 38.8 Å². The highest BCUT2D eigenvalue weighted by Gasteiger charge is 2.26.